The molecule has 2 aromatic carbocycles. The number of amides is 2. The molecule has 0 saturated carbocycles. The lowest BCUT2D eigenvalue weighted by atomic mass is 10.1. The number of benzene rings is 2. The summed E-state index contributed by atoms with van der Waals surface area (Å²) in [6.07, 6.45) is 0.643. The van der Waals surface area contributed by atoms with Crippen LogP contribution in [0.3, 0.4) is 0 Å². The summed E-state index contributed by atoms with van der Waals surface area (Å²) in [7, 11) is 0. The first-order valence-corrected chi connectivity index (χ1v) is 7.82. The molecule has 0 aliphatic rings. The van der Waals surface area contributed by atoms with Gasteiger partial charge in [0.15, 0.2) is 0 Å². The highest BCUT2D eigenvalue weighted by atomic mass is 35.5. The maximum Gasteiger partial charge on any atom is 0.309 e. The van der Waals surface area contributed by atoms with Crippen LogP contribution in [0.25, 0.3) is 0 Å². The summed E-state index contributed by atoms with van der Waals surface area (Å²) in [5.74, 6) is -1.25. The van der Waals surface area contributed by atoms with E-state index in [1.807, 2.05) is 49.4 Å². The van der Waals surface area contributed by atoms with E-state index >= 15 is 0 Å². The van der Waals surface area contributed by atoms with E-state index in [2.05, 4.69) is 10.6 Å². The summed E-state index contributed by atoms with van der Waals surface area (Å²) in [5.41, 5.74) is 2.00. The molecule has 4 nitrogen and oxygen atoms in total. The molecule has 2 rings (SSSR count). The maximum atomic E-state index is 11.9. The molecule has 120 valence electrons. The van der Waals surface area contributed by atoms with Crippen LogP contribution in [-0.4, -0.2) is 18.4 Å². The van der Waals surface area contributed by atoms with Gasteiger partial charge in [0, 0.05) is 11.6 Å². The number of carbonyl (C=O) groups excluding carboxylic acids is 2. The summed E-state index contributed by atoms with van der Waals surface area (Å²) in [5, 5.41) is 5.98. The minimum absolute atomic E-state index is 0.217. The lowest BCUT2D eigenvalue weighted by Crippen LogP contribution is -2.41. The van der Waals surface area contributed by atoms with Gasteiger partial charge in [0.25, 0.3) is 0 Å². The molecule has 5 heteroatoms. The fraction of sp³-hybridized carbons (Fsp3) is 0.222. The zero-order valence-electron chi connectivity index (χ0n) is 12.9. The number of carbonyl (C=O) groups is 2. The van der Waals surface area contributed by atoms with Crippen molar-refractivity contribution in [3.8, 4) is 0 Å². The van der Waals surface area contributed by atoms with Crippen molar-refractivity contribution in [2.24, 2.45) is 0 Å². The van der Waals surface area contributed by atoms with Crippen molar-refractivity contribution < 1.29 is 9.59 Å². The van der Waals surface area contributed by atoms with Crippen LogP contribution < -0.4 is 10.6 Å². The van der Waals surface area contributed by atoms with Gasteiger partial charge in [0.2, 0.25) is 0 Å². The Kier molecular flexibility index (Phi) is 6.18. The van der Waals surface area contributed by atoms with Gasteiger partial charge in [-0.1, -0.05) is 54.1 Å². The van der Waals surface area contributed by atoms with Gasteiger partial charge in [-0.3, -0.25) is 9.59 Å². The molecule has 2 aromatic rings. The molecule has 0 heterocycles. The van der Waals surface area contributed by atoms with Gasteiger partial charge in [0.1, 0.15) is 0 Å². The summed E-state index contributed by atoms with van der Waals surface area (Å²) in [6, 6.07) is 16.7. The third-order valence-electron chi connectivity index (χ3n) is 3.47. The van der Waals surface area contributed by atoms with Crippen LogP contribution in [0.2, 0.25) is 5.02 Å². The van der Waals surface area contributed by atoms with Crippen molar-refractivity contribution in [1.29, 1.82) is 0 Å². The Bertz CT molecular complexity index is 656. The molecule has 0 aliphatic carbocycles. The van der Waals surface area contributed by atoms with Gasteiger partial charge >= 0.3 is 11.8 Å². The largest absolute Gasteiger partial charge is 0.348 e. The molecule has 23 heavy (non-hydrogen) atoms. The second kappa shape index (κ2) is 8.34. The van der Waals surface area contributed by atoms with Gasteiger partial charge < -0.3 is 10.6 Å². The van der Waals surface area contributed by atoms with E-state index in [0.29, 0.717) is 18.0 Å². The van der Waals surface area contributed by atoms with Gasteiger partial charge in [-0.15, -0.1) is 0 Å². The van der Waals surface area contributed by atoms with Crippen LogP contribution in [0.4, 0.5) is 0 Å². The first-order valence-electron chi connectivity index (χ1n) is 7.44. The zero-order chi connectivity index (χ0) is 16.7. The smallest absolute Gasteiger partial charge is 0.309 e. The van der Waals surface area contributed by atoms with E-state index in [1.54, 1.807) is 12.1 Å². The van der Waals surface area contributed by atoms with Crippen molar-refractivity contribution >= 4 is 23.4 Å². The Morgan fingerprint density at radius 1 is 1.00 bits per heavy atom. The van der Waals surface area contributed by atoms with Crippen LogP contribution in [0.5, 0.6) is 0 Å². The predicted octanol–water partition coefficient (Wildman–Crippen LogP) is 2.88. The average Bonchev–Trinajstić information content (AvgIpc) is 2.57. The highest BCUT2D eigenvalue weighted by molar-refractivity contribution is 6.35. The Labute approximate surface area is 140 Å². The van der Waals surface area contributed by atoms with Gasteiger partial charge in [-0.05, 0) is 36.6 Å². The summed E-state index contributed by atoms with van der Waals surface area (Å²) < 4.78 is 0. The van der Waals surface area contributed by atoms with E-state index < -0.39 is 11.8 Å². The lowest BCUT2D eigenvalue weighted by molar-refractivity contribution is -0.139. The van der Waals surface area contributed by atoms with Crippen molar-refractivity contribution in [3.63, 3.8) is 0 Å². The van der Waals surface area contributed by atoms with Gasteiger partial charge in [0.05, 0.1) is 6.04 Å². The Hall–Kier alpha value is -2.33. The monoisotopic (exact) mass is 330 g/mol. The maximum absolute atomic E-state index is 11.9. The summed E-state index contributed by atoms with van der Waals surface area (Å²) in [4.78, 5) is 23.7. The van der Waals surface area contributed by atoms with Crippen LogP contribution in [0.1, 0.15) is 24.1 Å². The SMILES string of the molecule is CC(NC(=O)C(=O)NCCc1ccc(Cl)cc1)c1ccccc1. The molecule has 0 bridgehead atoms. The second-order valence-corrected chi connectivity index (χ2v) is 5.67. The number of rotatable bonds is 5. The van der Waals surface area contributed by atoms with Crippen molar-refractivity contribution in [1.82, 2.24) is 10.6 Å². The van der Waals surface area contributed by atoms with Gasteiger partial charge in [-0.25, -0.2) is 0 Å². The molecule has 0 aromatic heterocycles. The second-order valence-electron chi connectivity index (χ2n) is 5.24. The quantitative estimate of drug-likeness (QED) is 0.828. The first kappa shape index (κ1) is 17.0. The molecule has 0 spiro atoms. The standard InChI is InChI=1S/C18H19ClN2O2/c1-13(15-5-3-2-4-6-15)21-18(23)17(22)20-12-11-14-7-9-16(19)10-8-14/h2-10,13H,11-12H2,1H3,(H,20,22)(H,21,23). The van der Waals surface area contributed by atoms with Crippen LogP contribution in [0, 0.1) is 0 Å². The molecule has 0 radical (unpaired) electrons. The minimum Gasteiger partial charge on any atom is -0.348 e. The summed E-state index contributed by atoms with van der Waals surface area (Å²) in [6.45, 7) is 2.24. The normalized spacial score (nSPS) is 11.6. The Balaban J connectivity index is 1.76. The molecule has 0 fully saturated rings. The molecule has 1 atom stereocenters. The highest BCUT2D eigenvalue weighted by Gasteiger charge is 2.16. The molecular weight excluding hydrogens is 312 g/mol. The third-order valence-corrected chi connectivity index (χ3v) is 3.72. The van der Waals surface area contributed by atoms with E-state index in [9.17, 15) is 9.59 Å². The van der Waals surface area contributed by atoms with E-state index in [4.69, 9.17) is 11.6 Å². The minimum atomic E-state index is -0.627. The lowest BCUT2D eigenvalue weighted by Gasteiger charge is -2.14. The van der Waals surface area contributed by atoms with Crippen LogP contribution in [0.15, 0.2) is 54.6 Å². The predicted molar refractivity (Wildman–Crippen MR) is 91.2 cm³/mol. The molecule has 0 aliphatic heterocycles. The molecule has 1 unspecified atom stereocenters. The van der Waals surface area contributed by atoms with E-state index in [-0.39, 0.29) is 6.04 Å². The average molecular weight is 331 g/mol. The highest BCUT2D eigenvalue weighted by Crippen LogP contribution is 2.11. The number of hydrogen-bond acceptors (Lipinski definition) is 2. The fourth-order valence-electron chi connectivity index (χ4n) is 2.14. The summed E-state index contributed by atoms with van der Waals surface area (Å²) >= 11 is 5.81. The van der Waals surface area contributed by atoms with Gasteiger partial charge in [-0.2, -0.15) is 0 Å². The van der Waals surface area contributed by atoms with E-state index in [1.165, 1.54) is 0 Å². The number of halogens is 1. The molecule has 0 saturated heterocycles. The topological polar surface area (TPSA) is 58.2 Å². The number of nitrogens with one attached hydrogen (secondary N) is 2. The Morgan fingerprint density at radius 2 is 1.65 bits per heavy atom. The van der Waals surface area contributed by atoms with E-state index in [0.717, 1.165) is 11.1 Å². The molecule has 2 N–H and O–H groups in total. The molecular formula is C18H19ClN2O2. The Morgan fingerprint density at radius 3 is 2.30 bits per heavy atom. The van der Waals surface area contributed by atoms with Crippen molar-refractivity contribution in [3.05, 3.63) is 70.7 Å². The van der Waals surface area contributed by atoms with Crippen molar-refractivity contribution in [2.45, 2.75) is 19.4 Å². The fourth-order valence-corrected chi connectivity index (χ4v) is 2.26. The van der Waals surface area contributed by atoms with Crippen LogP contribution >= 0.6 is 11.6 Å². The molecule has 2 amide bonds. The first-order chi connectivity index (χ1) is 11.1. The number of hydrogen-bond donors (Lipinski definition) is 2. The third kappa shape index (κ3) is 5.42. The van der Waals surface area contributed by atoms with Crippen LogP contribution in [-0.2, 0) is 16.0 Å². The van der Waals surface area contributed by atoms with Crippen molar-refractivity contribution in [2.75, 3.05) is 6.54 Å². The zero-order valence-corrected chi connectivity index (χ0v) is 13.6.